The fourth-order valence-electron chi connectivity index (χ4n) is 2.00. The summed E-state index contributed by atoms with van der Waals surface area (Å²) < 4.78 is 4.89. The van der Waals surface area contributed by atoms with Gasteiger partial charge in [0.05, 0.1) is 6.54 Å². The summed E-state index contributed by atoms with van der Waals surface area (Å²) in [5, 5.41) is 0. The van der Waals surface area contributed by atoms with E-state index < -0.39 is 12.2 Å². The van der Waals surface area contributed by atoms with Gasteiger partial charge in [-0.2, -0.15) is 0 Å². The third-order valence-electron chi connectivity index (χ3n) is 3.05. The van der Waals surface area contributed by atoms with Gasteiger partial charge in [0.2, 0.25) is 0 Å². The molecule has 1 saturated heterocycles. The van der Waals surface area contributed by atoms with Crippen LogP contribution in [0.4, 0.5) is 4.79 Å². The molecule has 1 amide bonds. The van der Waals surface area contributed by atoms with Crippen LogP contribution in [0.3, 0.4) is 0 Å². The number of hydrogen-bond acceptors (Lipinski definition) is 3. The van der Waals surface area contributed by atoms with Gasteiger partial charge < -0.3 is 4.74 Å². The van der Waals surface area contributed by atoms with Crippen LogP contribution in [0.2, 0.25) is 0 Å². The van der Waals surface area contributed by atoms with Gasteiger partial charge in [-0.05, 0) is 17.0 Å². The van der Waals surface area contributed by atoms with Crippen molar-refractivity contribution >= 4 is 12.4 Å². The van der Waals surface area contributed by atoms with Gasteiger partial charge in [-0.1, -0.05) is 38.1 Å². The largest absolute Gasteiger partial charge is 0.436 e. The number of aldehydes is 1. The second-order valence-electron chi connectivity index (χ2n) is 4.84. The lowest BCUT2D eigenvalue weighted by atomic mass is 10.0. The zero-order valence-corrected chi connectivity index (χ0v) is 10.6. The van der Waals surface area contributed by atoms with Crippen molar-refractivity contribution in [1.29, 1.82) is 0 Å². The zero-order valence-electron chi connectivity index (χ0n) is 10.6. The number of rotatable bonds is 4. The zero-order chi connectivity index (χ0) is 13.1. The van der Waals surface area contributed by atoms with Crippen molar-refractivity contribution in [1.82, 2.24) is 4.90 Å². The fraction of sp³-hybridized carbons (Fsp3) is 0.429. The van der Waals surface area contributed by atoms with Gasteiger partial charge in [0, 0.05) is 6.54 Å². The van der Waals surface area contributed by atoms with Crippen LogP contribution in [0.1, 0.15) is 30.9 Å². The summed E-state index contributed by atoms with van der Waals surface area (Å²) in [5.74, 6) is 0.457. The Kier molecular flexibility index (Phi) is 3.65. The van der Waals surface area contributed by atoms with Crippen LogP contribution in [0.15, 0.2) is 24.3 Å². The second kappa shape index (κ2) is 5.21. The van der Waals surface area contributed by atoms with Crippen LogP contribution in [-0.4, -0.2) is 29.9 Å². The van der Waals surface area contributed by atoms with Crippen molar-refractivity contribution in [3.8, 4) is 0 Å². The van der Waals surface area contributed by atoms with Gasteiger partial charge in [0.25, 0.3) is 0 Å². The molecule has 0 saturated carbocycles. The molecule has 1 heterocycles. The molecule has 1 aromatic carbocycles. The normalized spacial score (nSPS) is 19.2. The number of benzene rings is 1. The van der Waals surface area contributed by atoms with Crippen molar-refractivity contribution in [2.75, 3.05) is 6.54 Å². The van der Waals surface area contributed by atoms with Crippen molar-refractivity contribution < 1.29 is 14.3 Å². The van der Waals surface area contributed by atoms with Crippen LogP contribution in [0.5, 0.6) is 0 Å². The first-order valence-electron chi connectivity index (χ1n) is 6.10. The molecule has 0 spiro atoms. The van der Waals surface area contributed by atoms with E-state index in [4.69, 9.17) is 4.74 Å². The average Bonchev–Trinajstić information content (AvgIpc) is 2.70. The highest BCUT2D eigenvalue weighted by atomic mass is 16.6. The Morgan fingerprint density at radius 1 is 1.50 bits per heavy atom. The summed E-state index contributed by atoms with van der Waals surface area (Å²) >= 11 is 0. The highest BCUT2D eigenvalue weighted by Crippen LogP contribution is 2.18. The summed E-state index contributed by atoms with van der Waals surface area (Å²) in [6.45, 7) is 5.09. The molecule has 0 bridgehead atoms. The standard InChI is InChI=1S/C14H17NO3/c1-10(2)12-5-3-4-11(6-12)7-15-8-13(9-16)18-14(15)17/h3-6,9-10,13H,7-8H2,1-2H3/t13-/m1/s1. The predicted octanol–water partition coefficient (Wildman–Crippen LogP) is 2.33. The lowest BCUT2D eigenvalue weighted by Crippen LogP contribution is -2.24. The molecule has 96 valence electrons. The molecule has 1 atom stereocenters. The maximum Gasteiger partial charge on any atom is 0.410 e. The van der Waals surface area contributed by atoms with E-state index in [1.807, 2.05) is 12.1 Å². The molecule has 1 aliphatic heterocycles. The Morgan fingerprint density at radius 2 is 2.28 bits per heavy atom. The highest BCUT2D eigenvalue weighted by Gasteiger charge is 2.30. The van der Waals surface area contributed by atoms with E-state index in [0.29, 0.717) is 25.3 Å². The van der Waals surface area contributed by atoms with Crippen molar-refractivity contribution in [3.63, 3.8) is 0 Å². The molecule has 0 radical (unpaired) electrons. The maximum atomic E-state index is 11.5. The first-order chi connectivity index (χ1) is 8.60. The molecule has 0 unspecified atom stereocenters. The number of carbonyl (C=O) groups excluding carboxylic acids is 2. The van der Waals surface area contributed by atoms with Crippen LogP contribution < -0.4 is 0 Å². The minimum Gasteiger partial charge on any atom is -0.436 e. The predicted molar refractivity (Wildman–Crippen MR) is 67.3 cm³/mol. The molecule has 4 heteroatoms. The Balaban J connectivity index is 2.07. The Labute approximate surface area is 107 Å². The van der Waals surface area contributed by atoms with Crippen LogP contribution in [-0.2, 0) is 16.1 Å². The van der Waals surface area contributed by atoms with Crippen LogP contribution in [0, 0.1) is 0 Å². The molecular formula is C14H17NO3. The van der Waals surface area contributed by atoms with E-state index in [-0.39, 0.29) is 0 Å². The summed E-state index contributed by atoms with van der Waals surface area (Å²) in [6, 6.07) is 8.13. The number of cyclic esters (lactones) is 1. The smallest absolute Gasteiger partial charge is 0.410 e. The SMILES string of the molecule is CC(C)c1cccc(CN2C[C@H](C=O)OC2=O)c1. The summed E-state index contributed by atoms with van der Waals surface area (Å²) in [6.07, 6.45) is -0.365. The Morgan fingerprint density at radius 3 is 2.89 bits per heavy atom. The quantitative estimate of drug-likeness (QED) is 0.767. The first-order valence-corrected chi connectivity index (χ1v) is 6.10. The topological polar surface area (TPSA) is 46.6 Å². The van der Waals surface area contributed by atoms with Gasteiger partial charge in [-0.25, -0.2) is 4.79 Å². The number of amides is 1. The summed E-state index contributed by atoms with van der Waals surface area (Å²) in [7, 11) is 0. The van der Waals surface area contributed by atoms with E-state index in [0.717, 1.165) is 5.56 Å². The number of carbonyl (C=O) groups is 2. The Bertz CT molecular complexity index is 456. The summed E-state index contributed by atoms with van der Waals surface area (Å²) in [4.78, 5) is 23.7. The van der Waals surface area contributed by atoms with Gasteiger partial charge >= 0.3 is 6.09 Å². The molecule has 4 nitrogen and oxygen atoms in total. The molecule has 2 rings (SSSR count). The Hall–Kier alpha value is -1.84. The van der Waals surface area contributed by atoms with Gasteiger partial charge in [-0.15, -0.1) is 0 Å². The highest BCUT2D eigenvalue weighted by molar-refractivity contribution is 5.75. The molecule has 0 N–H and O–H groups in total. The monoisotopic (exact) mass is 247 g/mol. The van der Waals surface area contributed by atoms with E-state index in [9.17, 15) is 9.59 Å². The van der Waals surface area contributed by atoms with Gasteiger partial charge in [-0.3, -0.25) is 9.69 Å². The molecule has 1 aliphatic rings. The number of nitrogens with zero attached hydrogens (tertiary/aromatic N) is 1. The third-order valence-corrected chi connectivity index (χ3v) is 3.05. The third kappa shape index (κ3) is 2.70. The lowest BCUT2D eigenvalue weighted by molar-refractivity contribution is -0.113. The molecule has 0 aromatic heterocycles. The molecule has 1 fully saturated rings. The molecule has 18 heavy (non-hydrogen) atoms. The first kappa shape index (κ1) is 12.6. The van der Waals surface area contributed by atoms with Crippen LogP contribution in [0.25, 0.3) is 0 Å². The van der Waals surface area contributed by atoms with E-state index in [1.54, 1.807) is 4.90 Å². The number of ether oxygens (including phenoxy) is 1. The maximum absolute atomic E-state index is 11.5. The number of hydrogen-bond donors (Lipinski definition) is 0. The van der Waals surface area contributed by atoms with Gasteiger partial charge in [0.1, 0.15) is 0 Å². The average molecular weight is 247 g/mol. The fourth-order valence-corrected chi connectivity index (χ4v) is 2.00. The van der Waals surface area contributed by atoms with Crippen molar-refractivity contribution in [3.05, 3.63) is 35.4 Å². The lowest BCUT2D eigenvalue weighted by Gasteiger charge is -2.14. The van der Waals surface area contributed by atoms with E-state index >= 15 is 0 Å². The van der Waals surface area contributed by atoms with E-state index in [1.165, 1.54) is 5.56 Å². The van der Waals surface area contributed by atoms with Crippen LogP contribution >= 0.6 is 0 Å². The molecule has 0 aliphatic carbocycles. The van der Waals surface area contributed by atoms with Gasteiger partial charge in [0.15, 0.2) is 12.4 Å². The molecular weight excluding hydrogens is 230 g/mol. The minimum absolute atomic E-state index is 0.342. The van der Waals surface area contributed by atoms with Crippen molar-refractivity contribution in [2.24, 2.45) is 0 Å². The van der Waals surface area contributed by atoms with Crippen molar-refractivity contribution in [2.45, 2.75) is 32.4 Å². The second-order valence-corrected chi connectivity index (χ2v) is 4.84. The van der Waals surface area contributed by atoms with E-state index in [2.05, 4.69) is 26.0 Å². The summed E-state index contributed by atoms with van der Waals surface area (Å²) in [5.41, 5.74) is 2.30. The molecule has 1 aromatic rings. The minimum atomic E-state index is -0.620.